The molecule has 1 amide bonds. The molecule has 1 aliphatic rings. The molecule has 25 heavy (non-hydrogen) atoms. The SMILES string of the molecule is CC(=O)NCC1CN(Cc2ccccc2)CCN1Cc1ccccc1. The zero-order valence-electron chi connectivity index (χ0n) is 14.9. The van der Waals surface area contributed by atoms with Crippen LogP contribution in [0.1, 0.15) is 18.1 Å². The molecule has 0 bridgehead atoms. The molecule has 1 aliphatic heterocycles. The van der Waals surface area contributed by atoms with Crippen molar-refractivity contribution >= 4 is 5.91 Å². The number of carbonyl (C=O) groups is 1. The summed E-state index contributed by atoms with van der Waals surface area (Å²) in [6.07, 6.45) is 0. The molecule has 1 fully saturated rings. The number of rotatable bonds is 6. The van der Waals surface area contributed by atoms with E-state index in [0.29, 0.717) is 12.6 Å². The summed E-state index contributed by atoms with van der Waals surface area (Å²) in [5.74, 6) is 0.0415. The Morgan fingerprint density at radius 1 is 0.960 bits per heavy atom. The van der Waals surface area contributed by atoms with E-state index in [2.05, 4.69) is 75.8 Å². The third kappa shape index (κ3) is 5.41. The Morgan fingerprint density at radius 2 is 1.56 bits per heavy atom. The highest BCUT2D eigenvalue weighted by molar-refractivity contribution is 5.72. The van der Waals surface area contributed by atoms with E-state index in [0.717, 1.165) is 32.7 Å². The molecule has 4 nitrogen and oxygen atoms in total. The predicted octanol–water partition coefficient (Wildman–Crippen LogP) is 2.51. The van der Waals surface area contributed by atoms with Crippen LogP contribution in [0.5, 0.6) is 0 Å². The molecule has 1 N–H and O–H groups in total. The number of benzene rings is 2. The van der Waals surface area contributed by atoms with E-state index in [1.807, 2.05) is 0 Å². The van der Waals surface area contributed by atoms with E-state index in [4.69, 9.17) is 0 Å². The molecule has 0 saturated carbocycles. The summed E-state index contributed by atoms with van der Waals surface area (Å²) in [5.41, 5.74) is 2.67. The average molecular weight is 337 g/mol. The largest absolute Gasteiger partial charge is 0.355 e. The summed E-state index contributed by atoms with van der Waals surface area (Å²) in [6, 6.07) is 21.5. The molecule has 3 rings (SSSR count). The number of nitrogens with one attached hydrogen (secondary N) is 1. The lowest BCUT2D eigenvalue weighted by atomic mass is 10.1. The quantitative estimate of drug-likeness (QED) is 0.880. The van der Waals surface area contributed by atoms with E-state index in [1.54, 1.807) is 6.92 Å². The van der Waals surface area contributed by atoms with E-state index in [9.17, 15) is 4.79 Å². The summed E-state index contributed by atoms with van der Waals surface area (Å²) in [6.45, 7) is 7.24. The Hall–Kier alpha value is -2.17. The van der Waals surface area contributed by atoms with Gasteiger partial charge in [0.25, 0.3) is 0 Å². The van der Waals surface area contributed by atoms with Crippen LogP contribution in [0.3, 0.4) is 0 Å². The van der Waals surface area contributed by atoms with Gasteiger partial charge in [-0.25, -0.2) is 0 Å². The van der Waals surface area contributed by atoms with Gasteiger partial charge in [-0.15, -0.1) is 0 Å². The molecule has 0 aliphatic carbocycles. The lowest BCUT2D eigenvalue weighted by Crippen LogP contribution is -2.56. The van der Waals surface area contributed by atoms with Gasteiger partial charge in [-0.1, -0.05) is 60.7 Å². The smallest absolute Gasteiger partial charge is 0.216 e. The normalized spacial score (nSPS) is 18.8. The summed E-state index contributed by atoms with van der Waals surface area (Å²) < 4.78 is 0. The molecule has 1 saturated heterocycles. The van der Waals surface area contributed by atoms with Crippen LogP contribution in [-0.2, 0) is 17.9 Å². The summed E-state index contributed by atoms with van der Waals surface area (Å²) >= 11 is 0. The fourth-order valence-corrected chi connectivity index (χ4v) is 3.42. The van der Waals surface area contributed by atoms with Gasteiger partial charge in [-0.3, -0.25) is 14.6 Å². The highest BCUT2D eigenvalue weighted by Gasteiger charge is 2.27. The topological polar surface area (TPSA) is 35.6 Å². The Kier molecular flexibility index (Phi) is 6.20. The maximum Gasteiger partial charge on any atom is 0.216 e. The first-order chi connectivity index (χ1) is 12.2. The van der Waals surface area contributed by atoms with Gasteiger partial charge in [-0.05, 0) is 11.1 Å². The first kappa shape index (κ1) is 17.6. The standard InChI is InChI=1S/C21H27N3O/c1-18(25)22-14-21-17-23(15-19-8-4-2-5-9-19)12-13-24(21)16-20-10-6-3-7-11-20/h2-11,21H,12-17H2,1H3,(H,22,25). The van der Waals surface area contributed by atoms with Gasteiger partial charge in [0.2, 0.25) is 5.91 Å². The molecule has 2 aromatic rings. The number of carbonyl (C=O) groups excluding carboxylic acids is 1. The Balaban J connectivity index is 1.64. The summed E-state index contributed by atoms with van der Waals surface area (Å²) in [5, 5.41) is 3.01. The first-order valence-corrected chi connectivity index (χ1v) is 8.99. The van der Waals surface area contributed by atoms with Gasteiger partial charge >= 0.3 is 0 Å². The van der Waals surface area contributed by atoms with Crippen molar-refractivity contribution in [2.24, 2.45) is 0 Å². The Bertz CT molecular complexity index is 659. The minimum absolute atomic E-state index is 0.0415. The van der Waals surface area contributed by atoms with Gasteiger partial charge < -0.3 is 5.32 Å². The predicted molar refractivity (Wildman–Crippen MR) is 101 cm³/mol. The minimum atomic E-state index is 0.0415. The van der Waals surface area contributed by atoms with E-state index in [-0.39, 0.29) is 5.91 Å². The fourth-order valence-electron chi connectivity index (χ4n) is 3.42. The molecule has 1 heterocycles. The van der Waals surface area contributed by atoms with Crippen LogP contribution < -0.4 is 5.32 Å². The lowest BCUT2D eigenvalue weighted by molar-refractivity contribution is -0.119. The zero-order chi connectivity index (χ0) is 17.5. The molecule has 1 unspecified atom stereocenters. The van der Waals surface area contributed by atoms with Gasteiger partial charge in [0.15, 0.2) is 0 Å². The van der Waals surface area contributed by atoms with Gasteiger partial charge in [0.1, 0.15) is 0 Å². The maximum absolute atomic E-state index is 11.4. The van der Waals surface area contributed by atoms with E-state index >= 15 is 0 Å². The van der Waals surface area contributed by atoms with E-state index < -0.39 is 0 Å². The Morgan fingerprint density at radius 3 is 2.16 bits per heavy atom. The third-order valence-electron chi connectivity index (χ3n) is 4.75. The Labute approximate surface area is 150 Å². The van der Waals surface area contributed by atoms with Crippen molar-refractivity contribution in [3.63, 3.8) is 0 Å². The molecule has 132 valence electrons. The second-order valence-electron chi connectivity index (χ2n) is 6.77. The molecule has 0 spiro atoms. The van der Waals surface area contributed by atoms with Crippen molar-refractivity contribution in [3.05, 3.63) is 71.8 Å². The van der Waals surface area contributed by atoms with Crippen LogP contribution in [0, 0.1) is 0 Å². The molecule has 2 aromatic carbocycles. The molecule has 0 aromatic heterocycles. The van der Waals surface area contributed by atoms with Crippen molar-refractivity contribution in [3.8, 4) is 0 Å². The first-order valence-electron chi connectivity index (χ1n) is 8.99. The van der Waals surface area contributed by atoms with Crippen LogP contribution in [0.15, 0.2) is 60.7 Å². The van der Waals surface area contributed by atoms with Crippen LogP contribution in [0.2, 0.25) is 0 Å². The molecule has 0 radical (unpaired) electrons. The number of hydrogen-bond acceptors (Lipinski definition) is 3. The lowest BCUT2D eigenvalue weighted by Gasteiger charge is -2.41. The zero-order valence-corrected chi connectivity index (χ0v) is 14.9. The maximum atomic E-state index is 11.4. The third-order valence-corrected chi connectivity index (χ3v) is 4.75. The monoisotopic (exact) mass is 337 g/mol. The van der Waals surface area contributed by atoms with Crippen LogP contribution >= 0.6 is 0 Å². The minimum Gasteiger partial charge on any atom is -0.355 e. The van der Waals surface area contributed by atoms with Crippen LogP contribution in [-0.4, -0.2) is 47.9 Å². The second kappa shape index (κ2) is 8.79. The average Bonchev–Trinajstić information content (AvgIpc) is 2.63. The fraction of sp³-hybridized carbons (Fsp3) is 0.381. The van der Waals surface area contributed by atoms with Gasteiger partial charge in [0.05, 0.1) is 0 Å². The van der Waals surface area contributed by atoms with Crippen LogP contribution in [0.4, 0.5) is 0 Å². The van der Waals surface area contributed by atoms with Crippen molar-refractivity contribution < 1.29 is 4.79 Å². The van der Waals surface area contributed by atoms with Gasteiger partial charge in [0, 0.05) is 52.2 Å². The molecular formula is C21H27N3O. The highest BCUT2D eigenvalue weighted by atomic mass is 16.1. The molecule has 1 atom stereocenters. The second-order valence-corrected chi connectivity index (χ2v) is 6.77. The highest BCUT2D eigenvalue weighted by Crippen LogP contribution is 2.16. The molecule has 4 heteroatoms. The van der Waals surface area contributed by atoms with Crippen molar-refractivity contribution in [2.75, 3.05) is 26.2 Å². The van der Waals surface area contributed by atoms with Crippen molar-refractivity contribution in [1.29, 1.82) is 0 Å². The van der Waals surface area contributed by atoms with Gasteiger partial charge in [-0.2, -0.15) is 0 Å². The van der Waals surface area contributed by atoms with E-state index in [1.165, 1.54) is 11.1 Å². The summed E-state index contributed by atoms with van der Waals surface area (Å²) in [4.78, 5) is 16.4. The number of nitrogens with zero attached hydrogens (tertiary/aromatic N) is 2. The molecular weight excluding hydrogens is 310 g/mol. The number of piperazine rings is 1. The number of hydrogen-bond donors (Lipinski definition) is 1. The van der Waals surface area contributed by atoms with Crippen molar-refractivity contribution in [1.82, 2.24) is 15.1 Å². The summed E-state index contributed by atoms with van der Waals surface area (Å²) in [7, 11) is 0. The number of amides is 1. The van der Waals surface area contributed by atoms with Crippen molar-refractivity contribution in [2.45, 2.75) is 26.1 Å². The van der Waals surface area contributed by atoms with Crippen LogP contribution in [0.25, 0.3) is 0 Å².